The number of amides is 2. The largest absolute Gasteiger partial charge is 0.338 e. The van der Waals surface area contributed by atoms with Crippen molar-refractivity contribution in [2.75, 3.05) is 25.0 Å². The molecule has 1 heterocycles. The van der Waals surface area contributed by atoms with Gasteiger partial charge >= 0.3 is 6.03 Å². The zero-order valence-corrected chi connectivity index (χ0v) is 15.6. The average molecular weight is 394 g/mol. The van der Waals surface area contributed by atoms with Gasteiger partial charge in [-0.25, -0.2) is 13.6 Å². The van der Waals surface area contributed by atoms with E-state index >= 15 is 0 Å². The number of hydrogen-bond donors (Lipinski definition) is 2. The summed E-state index contributed by atoms with van der Waals surface area (Å²) in [6.07, 6.45) is 1.95. The van der Waals surface area contributed by atoms with Gasteiger partial charge in [0, 0.05) is 24.2 Å². The van der Waals surface area contributed by atoms with E-state index in [9.17, 15) is 13.6 Å². The second-order valence-electron chi connectivity index (χ2n) is 6.81. The van der Waals surface area contributed by atoms with Crippen LogP contribution in [0.1, 0.15) is 18.4 Å². The number of nitrogens with zero attached hydrogens (tertiary/aromatic N) is 1. The molecule has 0 aromatic heterocycles. The molecule has 0 spiro atoms. The van der Waals surface area contributed by atoms with Gasteiger partial charge in [-0.3, -0.25) is 4.90 Å². The van der Waals surface area contributed by atoms with Crippen molar-refractivity contribution in [2.24, 2.45) is 5.92 Å². The fourth-order valence-corrected chi connectivity index (χ4v) is 3.32. The SMILES string of the molecule is O=C(NCC1CCN(Cc2ccc(Cl)cc2)CC1)Nc1cc(F)ccc1F. The van der Waals surface area contributed by atoms with Crippen molar-refractivity contribution in [3.05, 3.63) is 64.7 Å². The Morgan fingerprint density at radius 2 is 1.81 bits per heavy atom. The Morgan fingerprint density at radius 3 is 2.52 bits per heavy atom. The number of benzene rings is 2. The molecule has 144 valence electrons. The van der Waals surface area contributed by atoms with Gasteiger partial charge in [0.1, 0.15) is 11.6 Å². The van der Waals surface area contributed by atoms with Gasteiger partial charge in [0.15, 0.2) is 0 Å². The van der Waals surface area contributed by atoms with Crippen LogP contribution < -0.4 is 10.6 Å². The smallest absolute Gasteiger partial charge is 0.319 e. The molecule has 7 heteroatoms. The first kappa shape index (κ1) is 19.6. The molecule has 2 aromatic rings. The molecule has 4 nitrogen and oxygen atoms in total. The minimum absolute atomic E-state index is 0.162. The Labute approximate surface area is 162 Å². The Morgan fingerprint density at radius 1 is 1.11 bits per heavy atom. The molecule has 1 aliphatic rings. The number of anilines is 1. The Balaban J connectivity index is 1.39. The fraction of sp³-hybridized carbons (Fsp3) is 0.350. The van der Waals surface area contributed by atoms with Crippen LogP contribution in [0, 0.1) is 17.6 Å². The highest BCUT2D eigenvalue weighted by molar-refractivity contribution is 6.30. The number of carbonyl (C=O) groups excluding carboxylic acids is 1. The van der Waals surface area contributed by atoms with Gasteiger partial charge in [0.25, 0.3) is 0 Å². The molecule has 0 atom stereocenters. The molecule has 1 fully saturated rings. The van der Waals surface area contributed by atoms with Crippen LogP contribution in [-0.4, -0.2) is 30.6 Å². The lowest BCUT2D eigenvalue weighted by Gasteiger charge is -2.32. The molecule has 0 unspecified atom stereocenters. The van der Waals surface area contributed by atoms with Gasteiger partial charge in [0.05, 0.1) is 5.69 Å². The zero-order chi connectivity index (χ0) is 19.2. The van der Waals surface area contributed by atoms with Crippen molar-refractivity contribution in [1.82, 2.24) is 10.2 Å². The Kier molecular flexibility index (Phi) is 6.63. The normalized spacial score (nSPS) is 15.5. The van der Waals surface area contributed by atoms with E-state index in [1.807, 2.05) is 24.3 Å². The summed E-state index contributed by atoms with van der Waals surface area (Å²) in [6.45, 7) is 3.30. The van der Waals surface area contributed by atoms with E-state index in [4.69, 9.17) is 11.6 Å². The first-order chi connectivity index (χ1) is 13.0. The zero-order valence-electron chi connectivity index (χ0n) is 14.9. The summed E-state index contributed by atoms with van der Waals surface area (Å²) in [5.74, 6) is -0.892. The Bertz CT molecular complexity index is 777. The summed E-state index contributed by atoms with van der Waals surface area (Å²) in [5, 5.41) is 5.83. The first-order valence-corrected chi connectivity index (χ1v) is 9.34. The van der Waals surface area contributed by atoms with Crippen molar-refractivity contribution in [3.8, 4) is 0 Å². The van der Waals surface area contributed by atoms with Crippen LogP contribution in [0.4, 0.5) is 19.3 Å². The van der Waals surface area contributed by atoms with Crippen LogP contribution in [0.25, 0.3) is 0 Å². The Hall–Kier alpha value is -2.18. The number of nitrogens with one attached hydrogen (secondary N) is 2. The summed E-state index contributed by atoms with van der Waals surface area (Å²) in [4.78, 5) is 14.3. The molecule has 27 heavy (non-hydrogen) atoms. The molecule has 1 aliphatic heterocycles. The predicted molar refractivity (Wildman–Crippen MR) is 103 cm³/mol. The second-order valence-corrected chi connectivity index (χ2v) is 7.24. The lowest BCUT2D eigenvalue weighted by molar-refractivity contribution is 0.175. The molecule has 2 N–H and O–H groups in total. The highest BCUT2D eigenvalue weighted by Crippen LogP contribution is 2.20. The minimum Gasteiger partial charge on any atom is -0.338 e. The van der Waals surface area contributed by atoms with Crippen molar-refractivity contribution >= 4 is 23.3 Å². The minimum atomic E-state index is -0.665. The predicted octanol–water partition coefficient (Wildman–Crippen LogP) is 4.65. The summed E-state index contributed by atoms with van der Waals surface area (Å²) < 4.78 is 26.7. The lowest BCUT2D eigenvalue weighted by Crippen LogP contribution is -2.39. The van der Waals surface area contributed by atoms with Gasteiger partial charge < -0.3 is 10.6 Å². The number of carbonyl (C=O) groups is 1. The van der Waals surface area contributed by atoms with Gasteiger partial charge in [0.2, 0.25) is 0 Å². The van der Waals surface area contributed by atoms with E-state index in [1.54, 1.807) is 0 Å². The average Bonchev–Trinajstić information content (AvgIpc) is 2.66. The van der Waals surface area contributed by atoms with E-state index in [0.29, 0.717) is 12.5 Å². The van der Waals surface area contributed by atoms with E-state index in [0.717, 1.165) is 55.7 Å². The number of hydrogen-bond acceptors (Lipinski definition) is 2. The molecular weight excluding hydrogens is 372 g/mol. The summed E-state index contributed by atoms with van der Waals surface area (Å²) in [7, 11) is 0. The van der Waals surface area contributed by atoms with Gasteiger partial charge in [-0.2, -0.15) is 0 Å². The molecule has 0 aliphatic carbocycles. The van der Waals surface area contributed by atoms with Gasteiger partial charge in [-0.15, -0.1) is 0 Å². The van der Waals surface area contributed by atoms with E-state index in [2.05, 4.69) is 15.5 Å². The van der Waals surface area contributed by atoms with Crippen LogP contribution in [0.3, 0.4) is 0 Å². The van der Waals surface area contributed by atoms with Crippen LogP contribution in [-0.2, 0) is 6.54 Å². The number of piperidine rings is 1. The first-order valence-electron chi connectivity index (χ1n) is 8.96. The second kappa shape index (κ2) is 9.15. The molecule has 2 aromatic carbocycles. The topological polar surface area (TPSA) is 44.4 Å². The molecule has 0 bridgehead atoms. The number of halogens is 3. The third kappa shape index (κ3) is 5.91. The summed E-state index contributed by atoms with van der Waals surface area (Å²) >= 11 is 5.91. The molecule has 3 rings (SSSR count). The van der Waals surface area contributed by atoms with Crippen molar-refractivity contribution in [2.45, 2.75) is 19.4 Å². The van der Waals surface area contributed by atoms with Gasteiger partial charge in [-0.05, 0) is 61.7 Å². The number of rotatable bonds is 5. The molecule has 0 saturated carbocycles. The maximum atomic E-state index is 13.5. The summed E-state index contributed by atoms with van der Waals surface area (Å²) in [6, 6.07) is 10.3. The van der Waals surface area contributed by atoms with Crippen molar-refractivity contribution in [3.63, 3.8) is 0 Å². The van der Waals surface area contributed by atoms with Crippen LogP contribution in [0.2, 0.25) is 5.02 Å². The molecule has 2 amide bonds. The van der Waals surface area contributed by atoms with Crippen LogP contribution >= 0.6 is 11.6 Å². The molecular formula is C20H22ClF2N3O. The molecule has 1 saturated heterocycles. The maximum absolute atomic E-state index is 13.5. The summed E-state index contributed by atoms with van der Waals surface area (Å²) in [5.41, 5.74) is 1.07. The monoisotopic (exact) mass is 393 g/mol. The number of urea groups is 1. The van der Waals surface area contributed by atoms with Crippen LogP contribution in [0.5, 0.6) is 0 Å². The fourth-order valence-electron chi connectivity index (χ4n) is 3.19. The van der Waals surface area contributed by atoms with E-state index < -0.39 is 17.7 Å². The van der Waals surface area contributed by atoms with E-state index in [-0.39, 0.29) is 5.69 Å². The third-order valence-corrected chi connectivity index (χ3v) is 5.01. The van der Waals surface area contributed by atoms with Crippen LogP contribution in [0.15, 0.2) is 42.5 Å². The quantitative estimate of drug-likeness (QED) is 0.776. The number of likely N-dealkylation sites (tertiary alicyclic amines) is 1. The molecule has 0 radical (unpaired) electrons. The van der Waals surface area contributed by atoms with E-state index in [1.165, 1.54) is 5.56 Å². The third-order valence-electron chi connectivity index (χ3n) is 4.75. The van der Waals surface area contributed by atoms with Crippen molar-refractivity contribution in [1.29, 1.82) is 0 Å². The van der Waals surface area contributed by atoms with Gasteiger partial charge in [-0.1, -0.05) is 23.7 Å². The highest BCUT2D eigenvalue weighted by atomic mass is 35.5. The van der Waals surface area contributed by atoms with Crippen molar-refractivity contribution < 1.29 is 13.6 Å². The maximum Gasteiger partial charge on any atom is 0.319 e. The standard InChI is InChI=1S/C20H22ClF2N3O/c21-16-3-1-15(2-4-16)13-26-9-7-14(8-10-26)12-24-20(27)25-19-11-17(22)5-6-18(19)23/h1-6,11,14H,7-10,12-13H2,(H2,24,25,27). The lowest BCUT2D eigenvalue weighted by atomic mass is 9.96. The highest BCUT2D eigenvalue weighted by Gasteiger charge is 2.20.